The van der Waals surface area contributed by atoms with Crippen molar-refractivity contribution in [2.75, 3.05) is 14.2 Å². The van der Waals surface area contributed by atoms with Crippen LogP contribution in [-0.4, -0.2) is 32.3 Å². The second-order valence-electron chi connectivity index (χ2n) is 6.22. The summed E-state index contributed by atoms with van der Waals surface area (Å²) in [6.45, 7) is 2.60. The van der Waals surface area contributed by atoms with Crippen LogP contribution >= 0.6 is 0 Å². The van der Waals surface area contributed by atoms with Crippen LogP contribution in [0.15, 0.2) is 54.6 Å². The highest BCUT2D eigenvalue weighted by Gasteiger charge is 2.16. The molecule has 2 atom stereocenters. The smallest absolute Gasteiger partial charge is 0.304 e. The molecule has 0 amide bonds. The molecule has 2 aromatic rings. The minimum absolute atomic E-state index is 0.473. The molecule has 2 rings (SSSR count). The summed E-state index contributed by atoms with van der Waals surface area (Å²) in [6, 6.07) is 14.6. The number of hydrogen-bond donors (Lipinski definition) is 0. The first kappa shape index (κ1) is 22.6. The van der Waals surface area contributed by atoms with Crippen LogP contribution in [0.4, 0.5) is 0 Å². The predicted molar refractivity (Wildman–Crippen MR) is 113 cm³/mol. The summed E-state index contributed by atoms with van der Waals surface area (Å²) in [5.74, 6) is 5.83. The molecule has 0 spiro atoms. The minimum Gasteiger partial charge on any atom is -0.497 e. The zero-order valence-electron chi connectivity index (χ0n) is 17.4. The lowest BCUT2D eigenvalue weighted by Gasteiger charge is -2.15. The molecule has 6 nitrogen and oxygen atoms in total. The van der Waals surface area contributed by atoms with Gasteiger partial charge in [0.25, 0.3) is 0 Å². The van der Waals surface area contributed by atoms with Crippen molar-refractivity contribution < 1.29 is 28.5 Å². The Labute approximate surface area is 176 Å². The molecule has 0 heterocycles. The Bertz CT molecular complexity index is 930. The first-order valence-corrected chi connectivity index (χ1v) is 9.23. The van der Waals surface area contributed by atoms with Crippen LogP contribution in [0.25, 0.3) is 6.08 Å². The van der Waals surface area contributed by atoms with Crippen LogP contribution in [0.1, 0.15) is 31.1 Å². The topological polar surface area (TPSA) is 71.1 Å². The van der Waals surface area contributed by atoms with Crippen molar-refractivity contribution in [3.8, 4) is 23.3 Å². The van der Waals surface area contributed by atoms with Gasteiger partial charge in [0.15, 0.2) is 12.2 Å². The number of ether oxygens (including phenoxy) is 4. The summed E-state index contributed by atoms with van der Waals surface area (Å²) < 4.78 is 21.2. The maximum atomic E-state index is 11.6. The van der Waals surface area contributed by atoms with E-state index in [-0.39, 0.29) is 0 Å². The summed E-state index contributed by atoms with van der Waals surface area (Å²) in [5, 5.41) is 0. The highest BCUT2D eigenvalue weighted by molar-refractivity contribution is 5.68. The molecule has 156 valence electrons. The molecule has 0 aromatic heterocycles. The molecule has 0 fully saturated rings. The SMILES string of the molecule is COc1cc(OC)cc(C(C#CC(/C=C/c2ccccc2)OC(C)=O)OC(C)=O)c1. The fraction of sp³-hybridized carbons (Fsp3) is 0.250. The zero-order chi connectivity index (χ0) is 21.9. The number of methoxy groups -OCH3 is 2. The molecule has 0 aliphatic heterocycles. The quantitative estimate of drug-likeness (QED) is 0.510. The number of carbonyl (C=O) groups excluding carboxylic acids is 2. The van der Waals surface area contributed by atoms with Gasteiger partial charge in [0.1, 0.15) is 11.5 Å². The molecule has 2 aromatic carbocycles. The molecular weight excluding hydrogens is 384 g/mol. The number of benzene rings is 2. The maximum Gasteiger partial charge on any atom is 0.304 e. The van der Waals surface area contributed by atoms with E-state index in [0.29, 0.717) is 17.1 Å². The molecule has 0 bridgehead atoms. The van der Waals surface area contributed by atoms with Crippen molar-refractivity contribution in [3.05, 3.63) is 65.7 Å². The molecule has 0 aliphatic carbocycles. The molecule has 0 radical (unpaired) electrons. The van der Waals surface area contributed by atoms with Gasteiger partial charge in [-0.05, 0) is 29.7 Å². The molecule has 0 saturated heterocycles. The summed E-state index contributed by atoms with van der Waals surface area (Å²) in [6.07, 6.45) is 1.77. The number of hydrogen-bond acceptors (Lipinski definition) is 6. The highest BCUT2D eigenvalue weighted by Crippen LogP contribution is 2.28. The van der Waals surface area contributed by atoms with Crippen molar-refractivity contribution in [2.45, 2.75) is 26.1 Å². The van der Waals surface area contributed by atoms with Gasteiger partial charge in [-0.15, -0.1) is 0 Å². The van der Waals surface area contributed by atoms with Gasteiger partial charge in [0.2, 0.25) is 0 Å². The van der Waals surface area contributed by atoms with Gasteiger partial charge in [-0.2, -0.15) is 0 Å². The Morgan fingerprint density at radius 2 is 1.47 bits per heavy atom. The second kappa shape index (κ2) is 11.3. The van der Waals surface area contributed by atoms with Crippen molar-refractivity contribution in [1.82, 2.24) is 0 Å². The van der Waals surface area contributed by atoms with E-state index in [1.807, 2.05) is 30.3 Å². The van der Waals surface area contributed by atoms with E-state index in [1.54, 1.807) is 30.4 Å². The zero-order valence-corrected chi connectivity index (χ0v) is 17.4. The van der Waals surface area contributed by atoms with Crippen LogP contribution in [0, 0.1) is 11.8 Å². The van der Waals surface area contributed by atoms with Crippen molar-refractivity contribution in [3.63, 3.8) is 0 Å². The van der Waals surface area contributed by atoms with Crippen LogP contribution in [0.2, 0.25) is 0 Å². The molecule has 0 saturated carbocycles. The van der Waals surface area contributed by atoms with Crippen molar-refractivity contribution in [2.24, 2.45) is 0 Å². The first-order valence-electron chi connectivity index (χ1n) is 9.23. The average Bonchev–Trinajstić information content (AvgIpc) is 2.74. The van der Waals surface area contributed by atoms with Gasteiger partial charge in [0, 0.05) is 25.5 Å². The van der Waals surface area contributed by atoms with Gasteiger partial charge < -0.3 is 18.9 Å². The van der Waals surface area contributed by atoms with Gasteiger partial charge in [-0.25, -0.2) is 0 Å². The van der Waals surface area contributed by atoms with Crippen LogP contribution in [0.3, 0.4) is 0 Å². The lowest BCUT2D eigenvalue weighted by molar-refractivity contribution is -0.144. The van der Waals surface area contributed by atoms with Gasteiger partial charge in [0.05, 0.1) is 14.2 Å². The summed E-state index contributed by atoms with van der Waals surface area (Å²) >= 11 is 0. The standard InChI is InChI=1S/C24H24O6/c1-17(25)29-21(11-10-19-8-6-5-7-9-19)12-13-24(30-18(2)26)20-14-22(27-3)16-23(15-20)28-4/h5-11,14-16,21,24H,1-4H3/b11-10+. The lowest BCUT2D eigenvalue weighted by Crippen LogP contribution is -2.13. The molecule has 2 unspecified atom stereocenters. The van der Waals surface area contributed by atoms with E-state index < -0.39 is 24.1 Å². The van der Waals surface area contributed by atoms with Crippen molar-refractivity contribution >= 4 is 18.0 Å². The molecule has 0 aliphatic rings. The second-order valence-corrected chi connectivity index (χ2v) is 6.22. The Balaban J connectivity index is 2.36. The van der Waals surface area contributed by atoms with Crippen molar-refractivity contribution in [1.29, 1.82) is 0 Å². The Morgan fingerprint density at radius 3 is 2.00 bits per heavy atom. The number of carbonyl (C=O) groups is 2. The van der Waals surface area contributed by atoms with Gasteiger partial charge >= 0.3 is 11.9 Å². The van der Waals surface area contributed by atoms with Gasteiger partial charge in [-0.3, -0.25) is 9.59 Å². The fourth-order valence-corrected chi connectivity index (χ4v) is 2.54. The fourth-order valence-electron chi connectivity index (χ4n) is 2.54. The Kier molecular flexibility index (Phi) is 8.52. The summed E-state index contributed by atoms with van der Waals surface area (Å²) in [7, 11) is 3.05. The molecule has 6 heteroatoms. The molecule has 0 N–H and O–H groups in total. The number of esters is 2. The molecule has 30 heavy (non-hydrogen) atoms. The lowest BCUT2D eigenvalue weighted by atomic mass is 10.1. The van der Waals surface area contributed by atoms with E-state index >= 15 is 0 Å². The predicted octanol–water partition coefficient (Wildman–Crippen LogP) is 3.96. The van der Waals surface area contributed by atoms with E-state index in [1.165, 1.54) is 28.1 Å². The first-order chi connectivity index (χ1) is 14.4. The van der Waals surface area contributed by atoms with E-state index in [0.717, 1.165) is 5.56 Å². The third-order valence-electron chi connectivity index (χ3n) is 3.87. The largest absolute Gasteiger partial charge is 0.497 e. The van der Waals surface area contributed by atoms with E-state index in [9.17, 15) is 9.59 Å². The maximum absolute atomic E-state index is 11.6. The Morgan fingerprint density at radius 1 is 0.867 bits per heavy atom. The van der Waals surface area contributed by atoms with Crippen LogP contribution in [0.5, 0.6) is 11.5 Å². The normalized spacial score (nSPS) is 12.3. The van der Waals surface area contributed by atoms with Gasteiger partial charge in [-0.1, -0.05) is 42.3 Å². The monoisotopic (exact) mass is 408 g/mol. The Hall–Kier alpha value is -3.72. The average molecular weight is 408 g/mol. The number of rotatable bonds is 7. The summed E-state index contributed by atoms with van der Waals surface area (Å²) in [5.41, 5.74) is 1.51. The van der Waals surface area contributed by atoms with Crippen LogP contribution in [-0.2, 0) is 19.1 Å². The third-order valence-corrected chi connectivity index (χ3v) is 3.87. The van der Waals surface area contributed by atoms with E-state index in [2.05, 4.69) is 11.8 Å². The third kappa shape index (κ3) is 7.36. The van der Waals surface area contributed by atoms with E-state index in [4.69, 9.17) is 18.9 Å². The molecular formula is C24H24O6. The van der Waals surface area contributed by atoms with Crippen LogP contribution < -0.4 is 9.47 Å². The highest BCUT2D eigenvalue weighted by atomic mass is 16.5. The summed E-state index contributed by atoms with van der Waals surface area (Å²) in [4.78, 5) is 23.1. The minimum atomic E-state index is -0.894.